The highest BCUT2D eigenvalue weighted by atomic mass is 16.5. The molecule has 1 fully saturated rings. The van der Waals surface area contributed by atoms with E-state index in [1.54, 1.807) is 0 Å². The maximum atomic E-state index is 5.50. The van der Waals surface area contributed by atoms with Crippen LogP contribution in [-0.2, 0) is 11.3 Å². The molecule has 0 amide bonds. The van der Waals surface area contributed by atoms with Gasteiger partial charge in [0.15, 0.2) is 5.96 Å². The van der Waals surface area contributed by atoms with Gasteiger partial charge in [-0.05, 0) is 31.2 Å². The number of hydrogen-bond acceptors (Lipinski definition) is 4. The second-order valence-corrected chi connectivity index (χ2v) is 7.45. The highest BCUT2D eigenvalue weighted by Crippen LogP contribution is 2.12. The first kappa shape index (κ1) is 20.7. The minimum absolute atomic E-state index is 0.518. The Bertz CT molecular complexity index is 536. The van der Waals surface area contributed by atoms with Crippen molar-refractivity contribution >= 4 is 5.96 Å². The van der Waals surface area contributed by atoms with E-state index in [1.165, 1.54) is 12.0 Å². The number of aliphatic imine (C=N–C) groups is 1. The Hall–Kier alpha value is -1.60. The Morgan fingerprint density at radius 2 is 2.08 bits per heavy atom. The Labute approximate surface area is 158 Å². The first-order chi connectivity index (χ1) is 12.6. The van der Waals surface area contributed by atoms with Crippen molar-refractivity contribution in [2.75, 3.05) is 46.4 Å². The van der Waals surface area contributed by atoms with Gasteiger partial charge in [0.1, 0.15) is 0 Å². The summed E-state index contributed by atoms with van der Waals surface area (Å²) in [4.78, 5) is 6.91. The highest BCUT2D eigenvalue weighted by molar-refractivity contribution is 5.79. The van der Waals surface area contributed by atoms with Gasteiger partial charge in [0, 0.05) is 52.0 Å². The third kappa shape index (κ3) is 7.33. The van der Waals surface area contributed by atoms with E-state index in [-0.39, 0.29) is 0 Å². The molecule has 1 aromatic heterocycles. The lowest BCUT2D eigenvalue weighted by atomic mass is 10.0. The van der Waals surface area contributed by atoms with Gasteiger partial charge in [0.25, 0.3) is 0 Å². The second kappa shape index (κ2) is 11.2. The third-order valence-corrected chi connectivity index (χ3v) is 4.65. The van der Waals surface area contributed by atoms with Gasteiger partial charge in [-0.1, -0.05) is 13.8 Å². The lowest BCUT2D eigenvalue weighted by Gasteiger charge is -2.35. The van der Waals surface area contributed by atoms with E-state index in [0.717, 1.165) is 58.3 Å². The van der Waals surface area contributed by atoms with Crippen molar-refractivity contribution in [3.05, 3.63) is 18.0 Å². The van der Waals surface area contributed by atoms with E-state index >= 15 is 0 Å². The molecule has 0 aliphatic carbocycles. The minimum Gasteiger partial charge on any atom is -0.379 e. The summed E-state index contributed by atoms with van der Waals surface area (Å²) in [5.41, 5.74) is 1.20. The van der Waals surface area contributed by atoms with Gasteiger partial charge in [-0.15, -0.1) is 0 Å². The van der Waals surface area contributed by atoms with Gasteiger partial charge in [0.05, 0.1) is 19.4 Å². The number of guanidine groups is 1. The minimum atomic E-state index is 0.518. The van der Waals surface area contributed by atoms with Crippen LogP contribution in [-0.4, -0.2) is 73.1 Å². The Morgan fingerprint density at radius 1 is 1.31 bits per heavy atom. The summed E-state index contributed by atoms with van der Waals surface area (Å²) >= 11 is 0. The van der Waals surface area contributed by atoms with Crippen LogP contribution in [0.15, 0.2) is 17.4 Å². The van der Waals surface area contributed by atoms with Gasteiger partial charge >= 0.3 is 0 Å². The summed E-state index contributed by atoms with van der Waals surface area (Å²) in [6.07, 6.45) is 6.17. The Kier molecular flexibility index (Phi) is 8.91. The number of aromatic nitrogens is 2. The van der Waals surface area contributed by atoms with Gasteiger partial charge in [-0.3, -0.25) is 14.6 Å². The summed E-state index contributed by atoms with van der Waals surface area (Å²) in [5, 5.41) is 11.2. The lowest BCUT2D eigenvalue weighted by molar-refractivity contribution is 0.0132. The van der Waals surface area contributed by atoms with Crippen molar-refractivity contribution < 1.29 is 4.74 Å². The molecule has 1 aromatic rings. The van der Waals surface area contributed by atoms with Crippen LogP contribution in [0.25, 0.3) is 0 Å². The van der Waals surface area contributed by atoms with E-state index in [0.29, 0.717) is 12.0 Å². The monoisotopic (exact) mass is 364 g/mol. The molecule has 0 saturated carbocycles. The average Bonchev–Trinajstić information content (AvgIpc) is 3.05. The molecule has 2 rings (SSSR count). The number of hydrogen-bond donors (Lipinski definition) is 2. The Balaban J connectivity index is 1.72. The fourth-order valence-corrected chi connectivity index (χ4v) is 3.32. The average molecular weight is 365 g/mol. The number of nitrogens with zero attached hydrogens (tertiary/aromatic N) is 4. The standard InChI is InChI=1S/C19H36N6O/c1-16(2)12-18(24-8-10-26-11-9-24)14-22-19(20-4)21-6-5-7-25-15-17(3)13-23-25/h13,15-16,18H,5-12,14H2,1-4H3,(H2,20,21,22). The molecule has 0 aromatic carbocycles. The maximum Gasteiger partial charge on any atom is 0.191 e. The molecule has 1 aliphatic heterocycles. The van der Waals surface area contributed by atoms with E-state index < -0.39 is 0 Å². The largest absolute Gasteiger partial charge is 0.379 e. The van der Waals surface area contributed by atoms with Crippen LogP contribution in [0.5, 0.6) is 0 Å². The molecular formula is C19H36N6O. The molecule has 148 valence electrons. The number of morpholine rings is 1. The summed E-state index contributed by atoms with van der Waals surface area (Å²) in [6.45, 7) is 13.1. The number of ether oxygens (including phenoxy) is 1. The van der Waals surface area contributed by atoms with Gasteiger partial charge in [-0.25, -0.2) is 0 Å². The molecule has 0 radical (unpaired) electrons. The van der Waals surface area contributed by atoms with Crippen LogP contribution in [0.4, 0.5) is 0 Å². The molecule has 1 atom stereocenters. The molecule has 7 heteroatoms. The number of rotatable bonds is 9. The molecular weight excluding hydrogens is 328 g/mol. The van der Waals surface area contributed by atoms with Gasteiger partial charge in [0.2, 0.25) is 0 Å². The molecule has 0 bridgehead atoms. The normalized spacial score (nSPS) is 17.5. The SMILES string of the molecule is CN=C(NCCCn1cc(C)cn1)NCC(CC(C)C)N1CCOCC1. The smallest absolute Gasteiger partial charge is 0.191 e. The van der Waals surface area contributed by atoms with E-state index in [9.17, 15) is 0 Å². The predicted molar refractivity (Wildman–Crippen MR) is 107 cm³/mol. The fraction of sp³-hybridized carbons (Fsp3) is 0.789. The molecule has 1 unspecified atom stereocenters. The number of aryl methyl sites for hydroxylation is 2. The van der Waals surface area contributed by atoms with Crippen molar-refractivity contribution in [1.29, 1.82) is 0 Å². The molecule has 1 aliphatic rings. The molecule has 0 spiro atoms. The summed E-state index contributed by atoms with van der Waals surface area (Å²) < 4.78 is 7.49. The first-order valence-corrected chi connectivity index (χ1v) is 9.84. The molecule has 2 N–H and O–H groups in total. The van der Waals surface area contributed by atoms with Crippen LogP contribution >= 0.6 is 0 Å². The zero-order valence-corrected chi connectivity index (χ0v) is 16.9. The third-order valence-electron chi connectivity index (χ3n) is 4.65. The van der Waals surface area contributed by atoms with Crippen molar-refractivity contribution in [3.63, 3.8) is 0 Å². The Morgan fingerprint density at radius 3 is 2.69 bits per heavy atom. The van der Waals surface area contributed by atoms with Crippen LogP contribution in [0.2, 0.25) is 0 Å². The zero-order valence-electron chi connectivity index (χ0n) is 16.9. The topological polar surface area (TPSA) is 66.7 Å². The predicted octanol–water partition coefficient (Wildman–Crippen LogP) is 1.49. The second-order valence-electron chi connectivity index (χ2n) is 7.45. The zero-order chi connectivity index (χ0) is 18.8. The van der Waals surface area contributed by atoms with Crippen molar-refractivity contribution in [2.24, 2.45) is 10.9 Å². The maximum absolute atomic E-state index is 5.50. The van der Waals surface area contributed by atoms with Crippen molar-refractivity contribution in [3.8, 4) is 0 Å². The summed E-state index contributed by atoms with van der Waals surface area (Å²) in [5.74, 6) is 1.56. The van der Waals surface area contributed by atoms with Crippen molar-refractivity contribution in [1.82, 2.24) is 25.3 Å². The lowest BCUT2D eigenvalue weighted by Crippen LogP contribution is -2.51. The molecule has 7 nitrogen and oxygen atoms in total. The van der Waals surface area contributed by atoms with Crippen LogP contribution in [0, 0.1) is 12.8 Å². The van der Waals surface area contributed by atoms with Gasteiger partial charge in [-0.2, -0.15) is 5.10 Å². The van der Waals surface area contributed by atoms with Gasteiger partial charge < -0.3 is 15.4 Å². The van der Waals surface area contributed by atoms with Crippen LogP contribution in [0.3, 0.4) is 0 Å². The quantitative estimate of drug-likeness (QED) is 0.395. The van der Waals surface area contributed by atoms with E-state index in [1.807, 2.05) is 17.9 Å². The van der Waals surface area contributed by atoms with Crippen molar-refractivity contribution in [2.45, 2.75) is 46.2 Å². The first-order valence-electron chi connectivity index (χ1n) is 9.84. The number of nitrogens with one attached hydrogen (secondary N) is 2. The fourth-order valence-electron chi connectivity index (χ4n) is 3.32. The van der Waals surface area contributed by atoms with E-state index in [2.05, 4.69) is 52.6 Å². The summed E-state index contributed by atoms with van der Waals surface area (Å²) in [7, 11) is 1.83. The molecule has 1 saturated heterocycles. The van der Waals surface area contributed by atoms with Crippen LogP contribution < -0.4 is 10.6 Å². The molecule has 2 heterocycles. The highest BCUT2D eigenvalue weighted by Gasteiger charge is 2.22. The molecule has 26 heavy (non-hydrogen) atoms. The van der Waals surface area contributed by atoms with E-state index in [4.69, 9.17) is 4.74 Å². The van der Waals surface area contributed by atoms with Crippen LogP contribution in [0.1, 0.15) is 32.3 Å². The summed E-state index contributed by atoms with van der Waals surface area (Å²) in [6, 6.07) is 0.518.